The van der Waals surface area contributed by atoms with Gasteiger partial charge in [0.2, 0.25) is 5.91 Å². The second kappa shape index (κ2) is 6.78. The molecule has 0 radical (unpaired) electrons. The highest BCUT2D eigenvalue weighted by Crippen LogP contribution is 2.22. The Balaban J connectivity index is 1.29. The van der Waals surface area contributed by atoms with Gasteiger partial charge in [-0.05, 0) is 31.0 Å². The van der Waals surface area contributed by atoms with Crippen LogP contribution in [-0.2, 0) is 11.3 Å². The summed E-state index contributed by atoms with van der Waals surface area (Å²) in [4.78, 5) is 27.5. The van der Waals surface area contributed by atoms with Crippen LogP contribution in [0.1, 0.15) is 30.1 Å². The van der Waals surface area contributed by atoms with Crippen LogP contribution in [0.3, 0.4) is 0 Å². The van der Waals surface area contributed by atoms with Crippen molar-refractivity contribution in [2.75, 3.05) is 25.0 Å². The van der Waals surface area contributed by atoms with Crippen molar-refractivity contribution >= 4 is 17.6 Å². The lowest BCUT2D eigenvalue weighted by molar-refractivity contribution is -0.128. The summed E-state index contributed by atoms with van der Waals surface area (Å²) >= 11 is 0. The van der Waals surface area contributed by atoms with Gasteiger partial charge in [-0.2, -0.15) is 0 Å². The zero-order valence-corrected chi connectivity index (χ0v) is 14.8. The predicted molar refractivity (Wildman–Crippen MR) is 95.5 cm³/mol. The van der Waals surface area contributed by atoms with E-state index in [2.05, 4.69) is 15.6 Å². The average Bonchev–Trinajstić information content (AvgIpc) is 3.16. The number of aromatic nitrogens is 3. The van der Waals surface area contributed by atoms with Crippen molar-refractivity contribution in [3.8, 4) is 0 Å². The largest absolute Gasteiger partial charge is 0.337 e. The molecule has 2 aromatic rings. The van der Waals surface area contributed by atoms with Crippen LogP contribution in [0, 0.1) is 6.92 Å². The van der Waals surface area contributed by atoms with Crippen molar-refractivity contribution in [2.24, 2.45) is 0 Å². The van der Waals surface area contributed by atoms with Crippen molar-refractivity contribution in [3.05, 3.63) is 41.7 Å². The summed E-state index contributed by atoms with van der Waals surface area (Å²) in [6.45, 7) is 4.50. The fourth-order valence-electron chi connectivity index (χ4n) is 3.34. The summed E-state index contributed by atoms with van der Waals surface area (Å²) in [5.41, 5.74) is 2.70. The molecule has 0 saturated carbocycles. The minimum atomic E-state index is -0.102. The van der Waals surface area contributed by atoms with E-state index in [1.807, 2.05) is 42.3 Å². The SMILES string of the molecule is Cc1cccc(NC(=O)N2CC(n3cc(CN4CCCC4=O)nn3)C2)c1. The third-order valence-corrected chi connectivity index (χ3v) is 4.87. The molecule has 1 aromatic carbocycles. The van der Waals surface area contributed by atoms with Crippen LogP contribution in [-0.4, -0.2) is 56.4 Å². The fourth-order valence-corrected chi connectivity index (χ4v) is 3.34. The molecule has 4 rings (SSSR count). The van der Waals surface area contributed by atoms with E-state index in [-0.39, 0.29) is 18.0 Å². The Kier molecular flexibility index (Phi) is 4.32. The quantitative estimate of drug-likeness (QED) is 0.907. The molecule has 3 amide bonds. The Morgan fingerprint density at radius 3 is 2.92 bits per heavy atom. The highest BCUT2D eigenvalue weighted by molar-refractivity contribution is 5.90. The molecule has 136 valence electrons. The third-order valence-electron chi connectivity index (χ3n) is 4.87. The van der Waals surface area contributed by atoms with Gasteiger partial charge in [0.1, 0.15) is 5.69 Å². The van der Waals surface area contributed by atoms with Gasteiger partial charge in [-0.1, -0.05) is 17.3 Å². The third kappa shape index (κ3) is 3.40. The topological polar surface area (TPSA) is 83.4 Å². The molecule has 1 aromatic heterocycles. The second-order valence-corrected chi connectivity index (χ2v) is 6.97. The zero-order valence-electron chi connectivity index (χ0n) is 14.8. The van der Waals surface area contributed by atoms with E-state index in [0.717, 1.165) is 29.9 Å². The van der Waals surface area contributed by atoms with Crippen molar-refractivity contribution in [1.29, 1.82) is 0 Å². The first-order valence-electron chi connectivity index (χ1n) is 8.89. The second-order valence-electron chi connectivity index (χ2n) is 6.97. The minimum absolute atomic E-state index is 0.102. The van der Waals surface area contributed by atoms with E-state index < -0.39 is 0 Å². The molecule has 3 heterocycles. The van der Waals surface area contributed by atoms with Gasteiger partial charge in [-0.3, -0.25) is 4.79 Å². The number of anilines is 1. The van der Waals surface area contributed by atoms with Gasteiger partial charge >= 0.3 is 6.03 Å². The number of benzene rings is 1. The Bertz CT molecular complexity index is 827. The Morgan fingerprint density at radius 2 is 2.19 bits per heavy atom. The number of hydrogen-bond donors (Lipinski definition) is 1. The maximum Gasteiger partial charge on any atom is 0.321 e. The van der Waals surface area contributed by atoms with Crippen LogP contribution in [0.4, 0.5) is 10.5 Å². The lowest BCUT2D eigenvalue weighted by atomic mass is 10.1. The van der Waals surface area contributed by atoms with Crippen LogP contribution in [0.25, 0.3) is 0 Å². The molecule has 0 bridgehead atoms. The number of urea groups is 1. The summed E-state index contributed by atoms with van der Waals surface area (Å²) in [5, 5.41) is 11.2. The lowest BCUT2D eigenvalue weighted by Gasteiger charge is -2.38. The van der Waals surface area contributed by atoms with E-state index in [9.17, 15) is 9.59 Å². The highest BCUT2D eigenvalue weighted by Gasteiger charge is 2.33. The summed E-state index contributed by atoms with van der Waals surface area (Å²) < 4.78 is 1.80. The van der Waals surface area contributed by atoms with Gasteiger partial charge in [0, 0.05) is 31.7 Å². The van der Waals surface area contributed by atoms with Crippen molar-refractivity contribution in [3.63, 3.8) is 0 Å². The standard InChI is InChI=1S/C18H22N6O2/c1-13-4-2-5-14(8-13)19-18(26)23-11-16(12-23)24-10-15(20-21-24)9-22-7-3-6-17(22)25/h2,4-5,8,10,16H,3,6-7,9,11-12H2,1H3,(H,19,26). The maximum absolute atomic E-state index is 12.3. The summed E-state index contributed by atoms with van der Waals surface area (Å²) in [6, 6.07) is 7.77. The first-order valence-corrected chi connectivity index (χ1v) is 8.89. The summed E-state index contributed by atoms with van der Waals surface area (Å²) in [6.07, 6.45) is 3.43. The molecule has 8 heteroatoms. The highest BCUT2D eigenvalue weighted by atomic mass is 16.2. The number of amides is 3. The molecule has 2 fully saturated rings. The Labute approximate surface area is 151 Å². The van der Waals surface area contributed by atoms with Crippen LogP contribution in [0.15, 0.2) is 30.5 Å². The normalized spacial score (nSPS) is 17.5. The van der Waals surface area contributed by atoms with Crippen molar-refractivity contribution in [2.45, 2.75) is 32.4 Å². The summed E-state index contributed by atoms with van der Waals surface area (Å²) in [5.74, 6) is 0.183. The van der Waals surface area contributed by atoms with Crippen LogP contribution in [0.2, 0.25) is 0 Å². The number of rotatable bonds is 4. The van der Waals surface area contributed by atoms with E-state index in [4.69, 9.17) is 0 Å². The van der Waals surface area contributed by atoms with E-state index in [1.54, 1.807) is 9.58 Å². The van der Waals surface area contributed by atoms with Crippen molar-refractivity contribution < 1.29 is 9.59 Å². The van der Waals surface area contributed by atoms with Gasteiger partial charge in [0.25, 0.3) is 0 Å². The smallest absolute Gasteiger partial charge is 0.321 e. The molecule has 0 unspecified atom stereocenters. The average molecular weight is 354 g/mol. The molecule has 1 N–H and O–H groups in total. The molecule has 2 aliphatic heterocycles. The van der Waals surface area contributed by atoms with Gasteiger partial charge in [-0.15, -0.1) is 5.10 Å². The Morgan fingerprint density at radius 1 is 1.35 bits per heavy atom. The zero-order chi connectivity index (χ0) is 18.1. The monoisotopic (exact) mass is 354 g/mol. The molecular formula is C18H22N6O2. The molecule has 26 heavy (non-hydrogen) atoms. The molecule has 2 saturated heterocycles. The van der Waals surface area contributed by atoms with Gasteiger partial charge in [-0.25, -0.2) is 9.48 Å². The van der Waals surface area contributed by atoms with E-state index in [0.29, 0.717) is 26.1 Å². The molecule has 0 aliphatic carbocycles. The number of carbonyl (C=O) groups excluding carboxylic acids is 2. The molecule has 0 atom stereocenters. The van der Waals surface area contributed by atoms with Crippen LogP contribution < -0.4 is 5.32 Å². The molecule has 8 nitrogen and oxygen atoms in total. The number of aryl methyl sites for hydroxylation is 1. The molecular weight excluding hydrogens is 332 g/mol. The predicted octanol–water partition coefficient (Wildman–Crippen LogP) is 1.80. The minimum Gasteiger partial charge on any atom is -0.337 e. The van der Waals surface area contributed by atoms with Gasteiger partial charge in [0.15, 0.2) is 0 Å². The molecule has 0 spiro atoms. The number of carbonyl (C=O) groups is 2. The maximum atomic E-state index is 12.3. The van der Waals surface area contributed by atoms with Crippen LogP contribution >= 0.6 is 0 Å². The van der Waals surface area contributed by atoms with Gasteiger partial charge < -0.3 is 15.1 Å². The summed E-state index contributed by atoms with van der Waals surface area (Å²) in [7, 11) is 0. The van der Waals surface area contributed by atoms with E-state index >= 15 is 0 Å². The number of hydrogen-bond acceptors (Lipinski definition) is 4. The number of nitrogens with zero attached hydrogens (tertiary/aromatic N) is 5. The molecule has 2 aliphatic rings. The number of nitrogens with one attached hydrogen (secondary N) is 1. The lowest BCUT2D eigenvalue weighted by Crippen LogP contribution is -2.52. The first kappa shape index (κ1) is 16.6. The number of likely N-dealkylation sites (tertiary alicyclic amines) is 2. The van der Waals surface area contributed by atoms with Crippen LogP contribution in [0.5, 0.6) is 0 Å². The first-order chi connectivity index (χ1) is 12.6. The van der Waals surface area contributed by atoms with Gasteiger partial charge in [0.05, 0.1) is 18.8 Å². The van der Waals surface area contributed by atoms with E-state index in [1.165, 1.54) is 0 Å². The Hall–Kier alpha value is -2.90. The van der Waals surface area contributed by atoms with Crippen molar-refractivity contribution in [1.82, 2.24) is 24.8 Å². The fraction of sp³-hybridized carbons (Fsp3) is 0.444.